The molecule has 1 aliphatic heterocycles. The topological polar surface area (TPSA) is 34.4 Å². The molecule has 0 radical (unpaired) electrons. The van der Waals surface area contributed by atoms with Gasteiger partial charge in [0.05, 0.1) is 12.9 Å². The van der Waals surface area contributed by atoms with E-state index in [9.17, 15) is 0 Å². The molecule has 2 heterocycles. The molecule has 0 saturated carbocycles. The first-order valence-electron chi connectivity index (χ1n) is 4.62. The van der Waals surface area contributed by atoms with Gasteiger partial charge in [0, 0.05) is 12.5 Å². The highest BCUT2D eigenvalue weighted by Gasteiger charge is 2.34. The van der Waals surface area contributed by atoms with Crippen LogP contribution in [0, 0.1) is 0 Å². The van der Waals surface area contributed by atoms with Gasteiger partial charge in [-0.3, -0.25) is 5.32 Å². The summed E-state index contributed by atoms with van der Waals surface area (Å²) in [7, 11) is 0. The smallest absolute Gasteiger partial charge is 0.123 e. The third-order valence-electron chi connectivity index (χ3n) is 2.30. The summed E-state index contributed by atoms with van der Waals surface area (Å²) in [6, 6.07) is 4.30. The summed E-state index contributed by atoms with van der Waals surface area (Å²) in [5.74, 6) is 0.962. The summed E-state index contributed by atoms with van der Waals surface area (Å²) in [5.41, 5.74) is -0.253. The molecular formula is C10H16ClNO2. The average Bonchev–Trinajstić information content (AvgIpc) is 2.62. The van der Waals surface area contributed by atoms with Gasteiger partial charge in [-0.1, -0.05) is 0 Å². The van der Waals surface area contributed by atoms with E-state index >= 15 is 0 Å². The highest BCUT2D eigenvalue weighted by molar-refractivity contribution is 5.85. The number of hydrogen-bond acceptors (Lipinski definition) is 3. The third-order valence-corrected chi connectivity index (χ3v) is 2.30. The van der Waals surface area contributed by atoms with Crippen LogP contribution in [0.2, 0.25) is 0 Å². The van der Waals surface area contributed by atoms with E-state index in [0.29, 0.717) is 6.04 Å². The van der Waals surface area contributed by atoms with Crippen molar-refractivity contribution in [1.29, 1.82) is 0 Å². The zero-order valence-corrected chi connectivity index (χ0v) is 9.26. The molecule has 0 amide bonds. The number of halogens is 1. The Kier molecular flexibility index (Phi) is 3.59. The van der Waals surface area contributed by atoms with Crippen molar-refractivity contribution in [2.24, 2.45) is 0 Å². The lowest BCUT2D eigenvalue weighted by atomic mass is 10.1. The Morgan fingerprint density at radius 3 is 2.93 bits per heavy atom. The highest BCUT2D eigenvalue weighted by atomic mass is 35.5. The molecule has 1 aromatic rings. The Labute approximate surface area is 90.2 Å². The van der Waals surface area contributed by atoms with Gasteiger partial charge in [-0.05, 0) is 26.0 Å². The SMILES string of the molecule is CC1COC(C)(Cc2ccco2)N1.Cl. The molecule has 1 aliphatic rings. The van der Waals surface area contributed by atoms with Gasteiger partial charge in [0.25, 0.3) is 0 Å². The predicted octanol–water partition coefficient (Wildman–Crippen LogP) is 1.97. The summed E-state index contributed by atoms with van der Waals surface area (Å²) in [6.45, 7) is 4.95. The van der Waals surface area contributed by atoms with Gasteiger partial charge in [-0.15, -0.1) is 12.4 Å². The van der Waals surface area contributed by atoms with Crippen LogP contribution in [0.25, 0.3) is 0 Å². The van der Waals surface area contributed by atoms with Crippen molar-refractivity contribution in [2.75, 3.05) is 6.61 Å². The fraction of sp³-hybridized carbons (Fsp3) is 0.600. The van der Waals surface area contributed by atoms with Crippen molar-refractivity contribution < 1.29 is 9.15 Å². The minimum Gasteiger partial charge on any atom is -0.469 e. The van der Waals surface area contributed by atoms with Gasteiger partial charge in [0.15, 0.2) is 0 Å². The molecule has 1 fully saturated rings. The summed E-state index contributed by atoms with van der Waals surface area (Å²) in [6.07, 6.45) is 2.47. The molecule has 14 heavy (non-hydrogen) atoms. The fourth-order valence-electron chi connectivity index (χ4n) is 1.76. The lowest BCUT2D eigenvalue weighted by Gasteiger charge is -2.22. The minimum atomic E-state index is -0.253. The first-order chi connectivity index (χ1) is 6.18. The number of rotatable bonds is 2. The summed E-state index contributed by atoms with van der Waals surface area (Å²) in [5, 5.41) is 3.39. The average molecular weight is 218 g/mol. The van der Waals surface area contributed by atoms with E-state index in [2.05, 4.69) is 19.2 Å². The maximum Gasteiger partial charge on any atom is 0.123 e. The molecule has 1 aromatic heterocycles. The van der Waals surface area contributed by atoms with Crippen molar-refractivity contribution in [3.05, 3.63) is 24.2 Å². The van der Waals surface area contributed by atoms with E-state index in [4.69, 9.17) is 9.15 Å². The number of furan rings is 1. The molecule has 4 heteroatoms. The van der Waals surface area contributed by atoms with Crippen molar-refractivity contribution in [3.8, 4) is 0 Å². The Hall–Kier alpha value is -0.510. The van der Waals surface area contributed by atoms with Gasteiger partial charge < -0.3 is 9.15 Å². The molecule has 2 atom stereocenters. The van der Waals surface area contributed by atoms with Crippen molar-refractivity contribution in [2.45, 2.75) is 32.0 Å². The van der Waals surface area contributed by atoms with E-state index < -0.39 is 0 Å². The zero-order chi connectivity index (χ0) is 9.31. The van der Waals surface area contributed by atoms with Crippen molar-refractivity contribution >= 4 is 12.4 Å². The maximum atomic E-state index is 5.65. The predicted molar refractivity (Wildman–Crippen MR) is 56.6 cm³/mol. The van der Waals surface area contributed by atoms with E-state index in [-0.39, 0.29) is 18.1 Å². The molecular weight excluding hydrogens is 202 g/mol. The maximum absolute atomic E-state index is 5.65. The first kappa shape index (κ1) is 11.6. The van der Waals surface area contributed by atoms with Crippen LogP contribution in [0.1, 0.15) is 19.6 Å². The van der Waals surface area contributed by atoms with E-state index in [1.54, 1.807) is 6.26 Å². The molecule has 1 N–H and O–H groups in total. The van der Waals surface area contributed by atoms with Gasteiger partial charge in [-0.2, -0.15) is 0 Å². The normalized spacial score (nSPS) is 31.4. The lowest BCUT2D eigenvalue weighted by molar-refractivity contribution is 0.00311. The Balaban J connectivity index is 0.000000980. The van der Waals surface area contributed by atoms with Crippen LogP contribution in [0.4, 0.5) is 0 Å². The van der Waals surface area contributed by atoms with Gasteiger partial charge in [-0.25, -0.2) is 0 Å². The molecule has 0 spiro atoms. The molecule has 1 saturated heterocycles. The number of nitrogens with one attached hydrogen (secondary N) is 1. The quantitative estimate of drug-likeness (QED) is 0.823. The largest absolute Gasteiger partial charge is 0.469 e. The Morgan fingerprint density at radius 2 is 2.43 bits per heavy atom. The van der Waals surface area contributed by atoms with E-state index in [1.807, 2.05) is 12.1 Å². The zero-order valence-electron chi connectivity index (χ0n) is 8.45. The Morgan fingerprint density at radius 1 is 1.64 bits per heavy atom. The van der Waals surface area contributed by atoms with Gasteiger partial charge in [0.2, 0.25) is 0 Å². The summed E-state index contributed by atoms with van der Waals surface area (Å²) >= 11 is 0. The first-order valence-corrected chi connectivity index (χ1v) is 4.62. The second-order valence-electron chi connectivity index (χ2n) is 3.84. The van der Waals surface area contributed by atoms with Crippen LogP contribution in [-0.2, 0) is 11.2 Å². The van der Waals surface area contributed by atoms with E-state index in [1.165, 1.54) is 0 Å². The van der Waals surface area contributed by atoms with Gasteiger partial charge in [0.1, 0.15) is 11.5 Å². The van der Waals surface area contributed by atoms with Crippen molar-refractivity contribution in [3.63, 3.8) is 0 Å². The monoisotopic (exact) mass is 217 g/mol. The molecule has 80 valence electrons. The molecule has 2 rings (SSSR count). The summed E-state index contributed by atoms with van der Waals surface area (Å²) in [4.78, 5) is 0. The fourth-order valence-corrected chi connectivity index (χ4v) is 1.76. The molecule has 0 aromatic carbocycles. The van der Waals surface area contributed by atoms with E-state index in [0.717, 1.165) is 18.8 Å². The van der Waals surface area contributed by atoms with Crippen LogP contribution in [0.3, 0.4) is 0 Å². The number of ether oxygens (including phenoxy) is 1. The van der Waals surface area contributed by atoms with Gasteiger partial charge >= 0.3 is 0 Å². The van der Waals surface area contributed by atoms with Crippen LogP contribution in [0.5, 0.6) is 0 Å². The standard InChI is InChI=1S/C10H15NO2.ClH/c1-8-7-13-10(2,11-8)6-9-4-3-5-12-9;/h3-5,8,11H,6-7H2,1-2H3;1H. The second kappa shape index (κ2) is 4.34. The molecule has 3 nitrogen and oxygen atoms in total. The molecule has 0 bridgehead atoms. The third kappa shape index (κ3) is 2.50. The summed E-state index contributed by atoms with van der Waals surface area (Å²) < 4.78 is 10.9. The second-order valence-corrected chi connectivity index (χ2v) is 3.84. The molecule has 0 aliphatic carbocycles. The minimum absolute atomic E-state index is 0. The van der Waals surface area contributed by atoms with Crippen LogP contribution < -0.4 is 5.32 Å². The lowest BCUT2D eigenvalue weighted by Crippen LogP contribution is -2.42. The molecule has 2 unspecified atom stereocenters. The highest BCUT2D eigenvalue weighted by Crippen LogP contribution is 2.20. The van der Waals surface area contributed by atoms with Crippen LogP contribution in [-0.4, -0.2) is 18.4 Å². The number of hydrogen-bond donors (Lipinski definition) is 1. The van der Waals surface area contributed by atoms with Crippen LogP contribution >= 0.6 is 12.4 Å². The van der Waals surface area contributed by atoms with Crippen LogP contribution in [0.15, 0.2) is 22.8 Å². The Bertz CT molecular complexity index is 276. The van der Waals surface area contributed by atoms with Crippen molar-refractivity contribution in [1.82, 2.24) is 5.32 Å².